The summed E-state index contributed by atoms with van der Waals surface area (Å²) in [5.74, 6) is -0.521. The topological polar surface area (TPSA) is 73.0 Å². The molecule has 0 atom stereocenters. The van der Waals surface area contributed by atoms with E-state index in [0.29, 0.717) is 6.54 Å². The molecule has 0 bridgehead atoms. The van der Waals surface area contributed by atoms with Gasteiger partial charge < -0.3 is 5.32 Å². The van der Waals surface area contributed by atoms with E-state index in [1.807, 2.05) is 14.0 Å². The molecule has 0 aliphatic carbocycles. The number of nitrogens with one attached hydrogen (secondary N) is 1. The Morgan fingerprint density at radius 3 is 2.84 bits per heavy atom. The van der Waals surface area contributed by atoms with Gasteiger partial charge in [-0.05, 0) is 13.0 Å². The van der Waals surface area contributed by atoms with Crippen molar-refractivity contribution in [3.05, 3.63) is 51.6 Å². The van der Waals surface area contributed by atoms with E-state index in [9.17, 15) is 14.5 Å². The monoisotopic (exact) mass is 264 g/mol. The van der Waals surface area contributed by atoms with Gasteiger partial charge in [0.05, 0.1) is 16.8 Å². The zero-order chi connectivity index (χ0) is 14.0. The molecule has 0 saturated carbocycles. The third-order valence-corrected chi connectivity index (χ3v) is 2.97. The first-order valence-corrected chi connectivity index (χ1v) is 5.64. The maximum atomic E-state index is 13.5. The van der Waals surface area contributed by atoms with E-state index < -0.39 is 10.7 Å². The van der Waals surface area contributed by atoms with Gasteiger partial charge in [0, 0.05) is 37.0 Å². The molecule has 0 spiro atoms. The minimum atomic E-state index is -0.556. The van der Waals surface area contributed by atoms with E-state index in [1.54, 1.807) is 10.9 Å². The van der Waals surface area contributed by atoms with E-state index in [-0.39, 0.29) is 11.4 Å². The lowest BCUT2D eigenvalue weighted by molar-refractivity contribution is -0.384. The van der Waals surface area contributed by atoms with E-state index in [0.717, 1.165) is 23.4 Å². The zero-order valence-corrected chi connectivity index (χ0v) is 10.6. The number of hydrogen-bond donors (Lipinski definition) is 1. The summed E-state index contributed by atoms with van der Waals surface area (Å²) in [5, 5.41) is 17.6. The average molecular weight is 264 g/mol. The minimum Gasteiger partial charge on any atom is -0.378 e. The van der Waals surface area contributed by atoms with Crippen LogP contribution in [0.15, 0.2) is 24.4 Å². The van der Waals surface area contributed by atoms with Gasteiger partial charge in [-0.2, -0.15) is 5.10 Å². The second-order valence-electron chi connectivity index (χ2n) is 4.15. The van der Waals surface area contributed by atoms with E-state index in [2.05, 4.69) is 10.4 Å². The van der Waals surface area contributed by atoms with Crippen LogP contribution in [0.5, 0.6) is 0 Å². The molecule has 0 aliphatic rings. The van der Waals surface area contributed by atoms with Crippen LogP contribution >= 0.6 is 0 Å². The molecule has 0 amide bonds. The highest BCUT2D eigenvalue weighted by Crippen LogP contribution is 2.22. The van der Waals surface area contributed by atoms with Gasteiger partial charge in [0.1, 0.15) is 5.82 Å². The summed E-state index contributed by atoms with van der Waals surface area (Å²) < 4.78 is 15.2. The molecular weight excluding hydrogens is 251 g/mol. The van der Waals surface area contributed by atoms with Gasteiger partial charge in [-0.3, -0.25) is 14.8 Å². The fraction of sp³-hybridized carbons (Fsp3) is 0.250. The lowest BCUT2D eigenvalue weighted by atomic mass is 10.2. The van der Waals surface area contributed by atoms with Gasteiger partial charge in [0.25, 0.3) is 5.69 Å². The summed E-state index contributed by atoms with van der Waals surface area (Å²) in [5.41, 5.74) is 1.83. The molecule has 100 valence electrons. The first-order chi connectivity index (χ1) is 8.99. The van der Waals surface area contributed by atoms with Crippen molar-refractivity contribution < 1.29 is 9.31 Å². The number of benzene rings is 1. The predicted octanol–water partition coefficient (Wildman–Crippen LogP) is 2.39. The summed E-state index contributed by atoms with van der Waals surface area (Å²) in [6.07, 6.45) is 1.68. The number of anilines is 1. The molecule has 0 saturated heterocycles. The van der Waals surface area contributed by atoms with Crippen molar-refractivity contribution in [2.24, 2.45) is 7.05 Å². The zero-order valence-electron chi connectivity index (χ0n) is 10.6. The number of nitro benzene ring substituents is 1. The van der Waals surface area contributed by atoms with Crippen LogP contribution in [-0.4, -0.2) is 14.7 Å². The smallest absolute Gasteiger partial charge is 0.271 e. The first-order valence-electron chi connectivity index (χ1n) is 5.64. The second kappa shape index (κ2) is 5.05. The Morgan fingerprint density at radius 2 is 2.26 bits per heavy atom. The highest BCUT2D eigenvalue weighted by molar-refractivity contribution is 5.52. The number of halogens is 1. The molecule has 19 heavy (non-hydrogen) atoms. The lowest BCUT2D eigenvalue weighted by Gasteiger charge is -2.07. The summed E-state index contributed by atoms with van der Waals surface area (Å²) in [6.45, 7) is 2.26. The Hall–Kier alpha value is -2.44. The number of hydrogen-bond acceptors (Lipinski definition) is 4. The Kier molecular flexibility index (Phi) is 3.46. The summed E-state index contributed by atoms with van der Waals surface area (Å²) in [4.78, 5) is 10.1. The van der Waals surface area contributed by atoms with E-state index in [1.165, 1.54) is 6.07 Å². The SMILES string of the molecule is Cc1c(CNc2cc([N+](=O)[O-])ccc2F)cnn1C. The van der Waals surface area contributed by atoms with Crippen LogP contribution < -0.4 is 5.32 Å². The van der Waals surface area contributed by atoms with Crippen molar-refractivity contribution in [3.63, 3.8) is 0 Å². The van der Waals surface area contributed by atoms with Gasteiger partial charge in [-0.1, -0.05) is 0 Å². The number of aromatic nitrogens is 2. The van der Waals surface area contributed by atoms with Crippen LogP contribution in [0.1, 0.15) is 11.3 Å². The second-order valence-corrected chi connectivity index (χ2v) is 4.15. The van der Waals surface area contributed by atoms with Gasteiger partial charge in [-0.15, -0.1) is 0 Å². The normalized spacial score (nSPS) is 10.5. The van der Waals surface area contributed by atoms with Crippen LogP contribution in [0.3, 0.4) is 0 Å². The Morgan fingerprint density at radius 1 is 1.53 bits per heavy atom. The average Bonchev–Trinajstić information content (AvgIpc) is 2.69. The maximum absolute atomic E-state index is 13.5. The Labute approximate surface area is 109 Å². The largest absolute Gasteiger partial charge is 0.378 e. The number of nitro groups is 1. The van der Waals surface area contributed by atoms with Gasteiger partial charge in [0.2, 0.25) is 0 Å². The molecule has 7 heteroatoms. The molecule has 2 rings (SSSR count). The van der Waals surface area contributed by atoms with E-state index >= 15 is 0 Å². The van der Waals surface area contributed by atoms with Crippen molar-refractivity contribution in [2.45, 2.75) is 13.5 Å². The van der Waals surface area contributed by atoms with Crippen molar-refractivity contribution in [2.75, 3.05) is 5.32 Å². The molecular formula is C12H13FN4O2. The molecule has 0 fully saturated rings. The van der Waals surface area contributed by atoms with Gasteiger partial charge >= 0.3 is 0 Å². The fourth-order valence-corrected chi connectivity index (χ4v) is 1.67. The molecule has 2 aromatic rings. The van der Waals surface area contributed by atoms with Gasteiger partial charge in [-0.25, -0.2) is 4.39 Å². The summed E-state index contributed by atoms with van der Waals surface area (Å²) >= 11 is 0. The molecule has 1 aromatic carbocycles. The fourth-order valence-electron chi connectivity index (χ4n) is 1.67. The number of nitrogens with zero attached hydrogens (tertiary/aromatic N) is 3. The van der Waals surface area contributed by atoms with Crippen LogP contribution in [0.25, 0.3) is 0 Å². The van der Waals surface area contributed by atoms with Crippen LogP contribution in [0, 0.1) is 22.9 Å². The number of aryl methyl sites for hydroxylation is 1. The molecule has 1 N–H and O–H groups in total. The standard InChI is InChI=1S/C12H13FN4O2/c1-8-9(7-15-16(8)2)6-14-12-5-10(17(18)19)3-4-11(12)13/h3-5,7,14H,6H2,1-2H3. The molecule has 0 aliphatic heterocycles. The lowest BCUT2D eigenvalue weighted by Crippen LogP contribution is -2.03. The number of rotatable bonds is 4. The maximum Gasteiger partial charge on any atom is 0.271 e. The van der Waals surface area contributed by atoms with Crippen molar-refractivity contribution in [1.82, 2.24) is 9.78 Å². The predicted molar refractivity (Wildman–Crippen MR) is 68.3 cm³/mol. The van der Waals surface area contributed by atoms with Gasteiger partial charge in [0.15, 0.2) is 0 Å². The molecule has 0 unspecified atom stereocenters. The highest BCUT2D eigenvalue weighted by atomic mass is 19.1. The van der Waals surface area contributed by atoms with Crippen LogP contribution in [-0.2, 0) is 13.6 Å². The minimum absolute atomic E-state index is 0.109. The summed E-state index contributed by atoms with van der Waals surface area (Å²) in [7, 11) is 1.81. The Bertz CT molecular complexity index is 624. The van der Waals surface area contributed by atoms with Crippen LogP contribution in [0.4, 0.5) is 15.8 Å². The molecule has 6 nitrogen and oxygen atoms in total. The quantitative estimate of drug-likeness (QED) is 0.679. The van der Waals surface area contributed by atoms with Crippen molar-refractivity contribution >= 4 is 11.4 Å². The van der Waals surface area contributed by atoms with Crippen LogP contribution in [0.2, 0.25) is 0 Å². The van der Waals surface area contributed by atoms with E-state index in [4.69, 9.17) is 0 Å². The highest BCUT2D eigenvalue weighted by Gasteiger charge is 2.11. The first kappa shape index (κ1) is 13.0. The third-order valence-electron chi connectivity index (χ3n) is 2.97. The summed E-state index contributed by atoms with van der Waals surface area (Å²) in [6, 6.07) is 3.40. The van der Waals surface area contributed by atoms with Crippen molar-refractivity contribution in [1.29, 1.82) is 0 Å². The molecule has 1 aromatic heterocycles. The number of non-ortho nitro benzene ring substituents is 1. The Balaban J connectivity index is 2.17. The molecule has 0 radical (unpaired) electrons. The third kappa shape index (κ3) is 2.70. The van der Waals surface area contributed by atoms with Crippen molar-refractivity contribution in [3.8, 4) is 0 Å². The molecule has 1 heterocycles.